The van der Waals surface area contributed by atoms with Crippen LogP contribution in [0, 0.1) is 5.92 Å². The average Bonchev–Trinajstić information content (AvgIpc) is 2.89. The molecule has 8 heteroatoms. The molecule has 21 heavy (non-hydrogen) atoms. The number of primary amides is 1. The molecule has 2 fully saturated rings. The number of nitrogens with one attached hydrogen (secondary N) is 1. The molecule has 2 aliphatic heterocycles. The SMILES string of the molecule is NC(=O)CN1OC2C(=O)NC(=O)C2C1c1ccc(Cl)cc1. The minimum atomic E-state index is -0.933. The second-order valence-electron chi connectivity index (χ2n) is 4.94. The maximum atomic E-state index is 12.0. The van der Waals surface area contributed by atoms with Gasteiger partial charge in [-0.2, -0.15) is 5.06 Å². The van der Waals surface area contributed by atoms with Crippen LogP contribution in [-0.2, 0) is 19.2 Å². The zero-order chi connectivity index (χ0) is 15.1. The predicted molar refractivity (Wildman–Crippen MR) is 71.6 cm³/mol. The molecular formula is C13H12ClN3O4. The standard InChI is InChI=1S/C13H12ClN3O4/c14-7-3-1-6(2-4-7)10-9-11(13(20)16-12(9)19)21-17(10)5-8(15)18/h1-4,9-11H,5H2,(H2,15,18)(H,16,19,20). The fourth-order valence-corrected chi connectivity index (χ4v) is 2.84. The fraction of sp³-hybridized carbons (Fsp3) is 0.308. The number of hydrogen-bond acceptors (Lipinski definition) is 5. The zero-order valence-corrected chi connectivity index (χ0v) is 11.5. The van der Waals surface area contributed by atoms with E-state index in [1.165, 1.54) is 5.06 Å². The molecule has 110 valence electrons. The average molecular weight is 310 g/mol. The molecule has 3 unspecified atom stereocenters. The van der Waals surface area contributed by atoms with Crippen molar-refractivity contribution in [3.05, 3.63) is 34.9 Å². The number of nitrogens with two attached hydrogens (primary N) is 1. The first-order valence-electron chi connectivity index (χ1n) is 6.29. The van der Waals surface area contributed by atoms with Gasteiger partial charge in [-0.05, 0) is 17.7 Å². The third-order valence-electron chi connectivity index (χ3n) is 3.56. The van der Waals surface area contributed by atoms with Gasteiger partial charge in [0.2, 0.25) is 11.8 Å². The van der Waals surface area contributed by atoms with Crippen molar-refractivity contribution in [2.75, 3.05) is 6.54 Å². The van der Waals surface area contributed by atoms with E-state index in [2.05, 4.69) is 5.32 Å². The third kappa shape index (κ3) is 2.39. The van der Waals surface area contributed by atoms with E-state index in [-0.39, 0.29) is 6.54 Å². The topological polar surface area (TPSA) is 102 Å². The minimum absolute atomic E-state index is 0.207. The normalized spacial score (nSPS) is 28.5. The number of carbonyl (C=O) groups is 3. The van der Waals surface area contributed by atoms with Crippen LogP contribution in [0.2, 0.25) is 5.02 Å². The van der Waals surface area contributed by atoms with E-state index >= 15 is 0 Å². The number of carbonyl (C=O) groups excluding carboxylic acids is 3. The number of amides is 3. The van der Waals surface area contributed by atoms with E-state index in [1.54, 1.807) is 24.3 Å². The number of halogens is 1. The Morgan fingerprint density at radius 2 is 1.95 bits per heavy atom. The van der Waals surface area contributed by atoms with E-state index in [0.717, 1.165) is 5.56 Å². The lowest BCUT2D eigenvalue weighted by Crippen LogP contribution is -2.37. The molecule has 7 nitrogen and oxygen atoms in total. The number of rotatable bonds is 3. The second kappa shape index (κ2) is 5.10. The first-order chi connectivity index (χ1) is 9.97. The maximum Gasteiger partial charge on any atom is 0.258 e. The first kappa shape index (κ1) is 14.0. The van der Waals surface area contributed by atoms with Gasteiger partial charge in [0, 0.05) is 5.02 Å². The van der Waals surface area contributed by atoms with Crippen LogP contribution in [0.4, 0.5) is 0 Å². The number of fused-ring (bicyclic) bond motifs is 1. The number of hydroxylamine groups is 2. The molecule has 1 aromatic carbocycles. The zero-order valence-electron chi connectivity index (χ0n) is 10.8. The Bertz CT molecular complexity index is 618. The van der Waals surface area contributed by atoms with Crippen LogP contribution in [0.25, 0.3) is 0 Å². The molecule has 1 aromatic rings. The van der Waals surface area contributed by atoms with Crippen LogP contribution in [0.1, 0.15) is 11.6 Å². The van der Waals surface area contributed by atoms with Crippen molar-refractivity contribution >= 4 is 29.3 Å². The molecule has 2 heterocycles. The summed E-state index contributed by atoms with van der Waals surface area (Å²) in [6, 6.07) is 6.22. The van der Waals surface area contributed by atoms with Gasteiger partial charge < -0.3 is 5.73 Å². The predicted octanol–water partition coefficient (Wildman–Crippen LogP) is -0.245. The molecule has 3 amide bonds. The summed E-state index contributed by atoms with van der Waals surface area (Å²) in [5, 5.41) is 4.07. The van der Waals surface area contributed by atoms with Gasteiger partial charge >= 0.3 is 0 Å². The fourth-order valence-electron chi connectivity index (χ4n) is 2.71. The molecule has 3 atom stereocenters. The van der Waals surface area contributed by atoms with Gasteiger partial charge in [0.05, 0.1) is 12.0 Å². The number of benzene rings is 1. The molecule has 0 aliphatic carbocycles. The van der Waals surface area contributed by atoms with Crippen LogP contribution in [-0.4, -0.2) is 35.4 Å². The summed E-state index contributed by atoms with van der Waals surface area (Å²) < 4.78 is 0. The van der Waals surface area contributed by atoms with E-state index in [4.69, 9.17) is 22.2 Å². The van der Waals surface area contributed by atoms with Crippen molar-refractivity contribution in [3.63, 3.8) is 0 Å². The lowest BCUT2D eigenvalue weighted by atomic mass is 9.91. The van der Waals surface area contributed by atoms with Crippen molar-refractivity contribution in [2.45, 2.75) is 12.1 Å². The molecular weight excluding hydrogens is 298 g/mol. The van der Waals surface area contributed by atoms with Gasteiger partial charge in [0.25, 0.3) is 5.91 Å². The highest BCUT2D eigenvalue weighted by molar-refractivity contribution is 6.30. The van der Waals surface area contributed by atoms with Gasteiger partial charge in [-0.3, -0.25) is 24.5 Å². The molecule has 0 saturated carbocycles. The summed E-state index contributed by atoms with van der Waals surface area (Å²) in [5.41, 5.74) is 5.91. The number of nitrogens with zero attached hydrogens (tertiary/aromatic N) is 1. The van der Waals surface area contributed by atoms with Crippen LogP contribution in [0.5, 0.6) is 0 Å². The van der Waals surface area contributed by atoms with E-state index < -0.39 is 35.8 Å². The third-order valence-corrected chi connectivity index (χ3v) is 3.81. The summed E-state index contributed by atoms with van der Waals surface area (Å²) >= 11 is 5.85. The molecule has 2 saturated heterocycles. The van der Waals surface area contributed by atoms with Crippen LogP contribution in [0.15, 0.2) is 24.3 Å². The summed E-state index contributed by atoms with van der Waals surface area (Å²) in [7, 11) is 0. The van der Waals surface area contributed by atoms with Crippen molar-refractivity contribution in [2.24, 2.45) is 11.7 Å². The van der Waals surface area contributed by atoms with Crippen LogP contribution in [0.3, 0.4) is 0 Å². The largest absolute Gasteiger partial charge is 0.368 e. The molecule has 3 N–H and O–H groups in total. The summed E-state index contributed by atoms with van der Waals surface area (Å²) in [6.07, 6.45) is -0.933. The summed E-state index contributed by atoms with van der Waals surface area (Å²) in [5.74, 6) is -2.24. The molecule has 0 aromatic heterocycles. The van der Waals surface area contributed by atoms with Gasteiger partial charge in [0.15, 0.2) is 6.10 Å². The minimum Gasteiger partial charge on any atom is -0.368 e. The van der Waals surface area contributed by atoms with Crippen molar-refractivity contribution in [3.8, 4) is 0 Å². The van der Waals surface area contributed by atoms with Crippen molar-refractivity contribution in [1.82, 2.24) is 10.4 Å². The van der Waals surface area contributed by atoms with E-state index in [1.807, 2.05) is 0 Å². The lowest BCUT2D eigenvalue weighted by molar-refractivity contribution is -0.176. The van der Waals surface area contributed by atoms with Gasteiger partial charge in [-0.1, -0.05) is 23.7 Å². The Labute approximate surface area is 124 Å². The number of hydrogen-bond donors (Lipinski definition) is 2. The Balaban J connectivity index is 1.98. The Morgan fingerprint density at radius 1 is 1.29 bits per heavy atom. The maximum absolute atomic E-state index is 12.0. The van der Waals surface area contributed by atoms with Crippen LogP contribution >= 0.6 is 11.6 Å². The highest BCUT2D eigenvalue weighted by atomic mass is 35.5. The first-order valence-corrected chi connectivity index (χ1v) is 6.67. The van der Waals surface area contributed by atoms with Crippen LogP contribution < -0.4 is 11.1 Å². The van der Waals surface area contributed by atoms with Crippen molar-refractivity contribution < 1.29 is 19.2 Å². The lowest BCUT2D eigenvalue weighted by Gasteiger charge is -2.24. The van der Waals surface area contributed by atoms with E-state index in [9.17, 15) is 14.4 Å². The molecule has 0 bridgehead atoms. The van der Waals surface area contributed by atoms with Gasteiger partial charge in [-0.15, -0.1) is 0 Å². The van der Waals surface area contributed by atoms with Crippen molar-refractivity contribution in [1.29, 1.82) is 0 Å². The summed E-state index contributed by atoms with van der Waals surface area (Å²) in [6.45, 7) is -0.207. The molecule has 0 spiro atoms. The second-order valence-corrected chi connectivity index (χ2v) is 5.38. The number of imide groups is 1. The van der Waals surface area contributed by atoms with Gasteiger partial charge in [0.1, 0.15) is 6.54 Å². The monoisotopic (exact) mass is 309 g/mol. The Morgan fingerprint density at radius 3 is 2.57 bits per heavy atom. The quantitative estimate of drug-likeness (QED) is 0.750. The Hall–Kier alpha value is -1.96. The smallest absolute Gasteiger partial charge is 0.258 e. The Kier molecular flexibility index (Phi) is 3.40. The van der Waals surface area contributed by atoms with E-state index in [0.29, 0.717) is 5.02 Å². The highest BCUT2D eigenvalue weighted by Gasteiger charge is 2.56. The molecule has 3 rings (SSSR count). The van der Waals surface area contributed by atoms with Gasteiger partial charge in [-0.25, -0.2) is 0 Å². The molecule has 2 aliphatic rings. The summed E-state index contributed by atoms with van der Waals surface area (Å²) in [4.78, 5) is 40.3. The highest BCUT2D eigenvalue weighted by Crippen LogP contribution is 2.41. The molecule has 0 radical (unpaired) electrons.